The summed E-state index contributed by atoms with van der Waals surface area (Å²) in [5, 5.41) is 23.2. The van der Waals surface area contributed by atoms with Crippen LogP contribution in [0.1, 0.15) is 399 Å². The first kappa shape index (κ1) is 81.6. The van der Waals surface area contributed by atoms with Crippen molar-refractivity contribution in [3.63, 3.8) is 0 Å². The molecular formula is C78H145NO5. The van der Waals surface area contributed by atoms with E-state index in [0.717, 1.165) is 57.8 Å². The number of allylic oxidation sites excluding steroid dienone is 9. The van der Waals surface area contributed by atoms with E-state index < -0.39 is 12.1 Å². The molecule has 0 heterocycles. The van der Waals surface area contributed by atoms with Gasteiger partial charge in [0, 0.05) is 12.8 Å². The second-order valence-electron chi connectivity index (χ2n) is 25.6. The number of nitrogens with one attached hydrogen (secondary N) is 1. The van der Waals surface area contributed by atoms with Crippen LogP contribution in [-0.2, 0) is 14.3 Å². The first-order valence-corrected chi connectivity index (χ1v) is 37.6. The van der Waals surface area contributed by atoms with Gasteiger partial charge in [0.25, 0.3) is 0 Å². The summed E-state index contributed by atoms with van der Waals surface area (Å²) in [4.78, 5) is 24.6. The molecule has 0 rings (SSSR count). The third kappa shape index (κ3) is 68.7. The van der Waals surface area contributed by atoms with E-state index in [1.54, 1.807) is 6.08 Å². The van der Waals surface area contributed by atoms with Crippen LogP contribution in [-0.4, -0.2) is 47.4 Å². The Labute approximate surface area is 524 Å². The Bertz CT molecular complexity index is 1450. The summed E-state index contributed by atoms with van der Waals surface area (Å²) >= 11 is 0. The van der Waals surface area contributed by atoms with Gasteiger partial charge in [0.1, 0.15) is 0 Å². The molecule has 492 valence electrons. The number of hydrogen-bond donors (Lipinski definition) is 3. The summed E-state index contributed by atoms with van der Waals surface area (Å²) in [6, 6.07) is -0.627. The number of unbranched alkanes of at least 4 members (excludes halogenated alkanes) is 51. The van der Waals surface area contributed by atoms with Crippen LogP contribution >= 0.6 is 0 Å². The molecule has 6 nitrogen and oxygen atoms in total. The normalized spacial score (nSPS) is 12.9. The molecule has 0 aliphatic heterocycles. The van der Waals surface area contributed by atoms with Crippen molar-refractivity contribution in [1.82, 2.24) is 5.32 Å². The maximum atomic E-state index is 12.5. The maximum absolute atomic E-state index is 12.5. The minimum absolute atomic E-state index is 0.0102. The molecule has 2 unspecified atom stereocenters. The summed E-state index contributed by atoms with van der Waals surface area (Å²) in [5.74, 6) is -0.0542. The van der Waals surface area contributed by atoms with Crippen molar-refractivity contribution in [2.45, 2.75) is 411 Å². The Morgan fingerprint density at radius 2 is 0.595 bits per heavy atom. The maximum Gasteiger partial charge on any atom is 0.305 e. The number of rotatable bonds is 70. The predicted octanol–water partition coefficient (Wildman–Crippen LogP) is 24.6. The highest BCUT2D eigenvalue weighted by Gasteiger charge is 2.18. The average Bonchev–Trinajstić information content (AvgIpc) is 3.53. The van der Waals surface area contributed by atoms with Gasteiger partial charge in [0.05, 0.1) is 25.4 Å². The minimum atomic E-state index is -0.844. The summed E-state index contributed by atoms with van der Waals surface area (Å²) in [6.45, 7) is 4.90. The second kappa shape index (κ2) is 73.0. The van der Waals surface area contributed by atoms with Gasteiger partial charge in [-0.1, -0.05) is 351 Å². The van der Waals surface area contributed by atoms with Crippen molar-refractivity contribution >= 4 is 11.9 Å². The Morgan fingerprint density at radius 3 is 0.929 bits per heavy atom. The largest absolute Gasteiger partial charge is 0.466 e. The molecule has 3 N–H and O–H groups in total. The summed E-state index contributed by atoms with van der Waals surface area (Å²) < 4.78 is 5.51. The Morgan fingerprint density at radius 1 is 0.333 bits per heavy atom. The fourth-order valence-corrected chi connectivity index (χ4v) is 11.5. The van der Waals surface area contributed by atoms with Crippen LogP contribution in [0.25, 0.3) is 0 Å². The smallest absolute Gasteiger partial charge is 0.305 e. The highest BCUT2D eigenvalue weighted by atomic mass is 16.5. The fraction of sp³-hybridized carbons (Fsp3) is 0.846. The number of amides is 1. The van der Waals surface area contributed by atoms with Gasteiger partial charge in [0.15, 0.2) is 0 Å². The van der Waals surface area contributed by atoms with Crippen LogP contribution in [0.2, 0.25) is 0 Å². The number of esters is 1. The molecule has 0 aromatic carbocycles. The number of carbonyl (C=O) groups is 2. The lowest BCUT2D eigenvalue weighted by molar-refractivity contribution is -0.143. The van der Waals surface area contributed by atoms with Crippen molar-refractivity contribution in [3.8, 4) is 0 Å². The van der Waals surface area contributed by atoms with Gasteiger partial charge in [-0.15, -0.1) is 0 Å². The van der Waals surface area contributed by atoms with Gasteiger partial charge >= 0.3 is 5.97 Å². The molecule has 0 radical (unpaired) electrons. The summed E-state index contributed by atoms with van der Waals surface area (Å²) in [6.07, 6.45) is 97.5. The SMILES string of the molecule is CCCCC/C=C\C/C=C\CCCCCCCCCCCC(=O)OCCCCCCCCCCC/C=C\C/C=C\CCCCCCCCCCCCCCCCCCCC(=O)NC(CO)C(O)/C=C/CCCCCCCCCCCCCCC. The molecule has 0 fully saturated rings. The molecule has 2 atom stereocenters. The van der Waals surface area contributed by atoms with Crippen LogP contribution in [0.15, 0.2) is 60.8 Å². The van der Waals surface area contributed by atoms with E-state index in [9.17, 15) is 19.8 Å². The second-order valence-corrected chi connectivity index (χ2v) is 25.6. The number of ether oxygens (including phenoxy) is 1. The molecule has 1 amide bonds. The molecular weight excluding hydrogens is 1030 g/mol. The van der Waals surface area contributed by atoms with E-state index in [-0.39, 0.29) is 18.5 Å². The molecule has 0 spiro atoms. The predicted molar refractivity (Wildman–Crippen MR) is 370 cm³/mol. The van der Waals surface area contributed by atoms with Crippen LogP contribution in [0.3, 0.4) is 0 Å². The first-order chi connectivity index (χ1) is 41.5. The number of carbonyl (C=O) groups excluding carboxylic acids is 2. The van der Waals surface area contributed by atoms with Crippen LogP contribution in [0.4, 0.5) is 0 Å². The lowest BCUT2D eigenvalue weighted by atomic mass is 10.0. The van der Waals surface area contributed by atoms with E-state index in [4.69, 9.17) is 4.74 Å². The standard InChI is InChI=1S/C78H145NO5/c1-3-5-7-9-11-13-15-17-19-20-36-40-44-48-52-56-60-64-68-72-78(83)84-73-69-65-61-57-53-49-45-41-38-35-33-31-29-27-25-23-21-22-24-26-28-30-32-34-37-39-43-47-51-55-59-63-67-71-77(82)79-75(74-80)76(81)70-66-62-58-54-50-46-42-18-16-14-12-10-8-6-4-2/h11,13,17,19,25,27,31,33,66,70,75-76,80-81H,3-10,12,14-16,18,20-24,26,28-30,32,34-65,67-69,71-74H2,1-2H3,(H,79,82)/b13-11-,19-17-,27-25-,33-31-,70-66+. The van der Waals surface area contributed by atoms with Gasteiger partial charge in [-0.05, 0) is 96.3 Å². The topological polar surface area (TPSA) is 95.9 Å². The van der Waals surface area contributed by atoms with Gasteiger partial charge in [0.2, 0.25) is 5.91 Å². The Hall–Kier alpha value is -2.44. The van der Waals surface area contributed by atoms with Crippen molar-refractivity contribution in [3.05, 3.63) is 60.8 Å². The van der Waals surface area contributed by atoms with Crippen LogP contribution in [0.5, 0.6) is 0 Å². The van der Waals surface area contributed by atoms with Crippen molar-refractivity contribution in [2.75, 3.05) is 13.2 Å². The number of aliphatic hydroxyl groups excluding tert-OH is 2. The zero-order valence-electron chi connectivity index (χ0n) is 56.4. The molecule has 84 heavy (non-hydrogen) atoms. The van der Waals surface area contributed by atoms with Gasteiger partial charge < -0.3 is 20.3 Å². The third-order valence-corrected chi connectivity index (χ3v) is 17.3. The van der Waals surface area contributed by atoms with Gasteiger partial charge in [-0.25, -0.2) is 0 Å². The van der Waals surface area contributed by atoms with E-state index in [1.807, 2.05) is 6.08 Å². The molecule has 0 aromatic rings. The van der Waals surface area contributed by atoms with Crippen molar-refractivity contribution in [2.24, 2.45) is 0 Å². The quantitative estimate of drug-likeness (QED) is 0.0320. The summed E-state index contributed by atoms with van der Waals surface area (Å²) in [7, 11) is 0. The lowest BCUT2D eigenvalue weighted by Crippen LogP contribution is -2.45. The first-order valence-electron chi connectivity index (χ1n) is 37.6. The van der Waals surface area contributed by atoms with Crippen LogP contribution < -0.4 is 5.32 Å². The van der Waals surface area contributed by atoms with Crippen molar-refractivity contribution in [1.29, 1.82) is 0 Å². The summed E-state index contributed by atoms with van der Waals surface area (Å²) in [5.41, 5.74) is 0. The van der Waals surface area contributed by atoms with E-state index in [2.05, 4.69) is 67.8 Å². The molecule has 0 aliphatic carbocycles. The third-order valence-electron chi connectivity index (χ3n) is 17.3. The van der Waals surface area contributed by atoms with E-state index in [0.29, 0.717) is 19.4 Å². The monoisotopic (exact) mass is 1180 g/mol. The molecule has 0 bridgehead atoms. The van der Waals surface area contributed by atoms with E-state index >= 15 is 0 Å². The van der Waals surface area contributed by atoms with Crippen molar-refractivity contribution < 1.29 is 24.5 Å². The zero-order chi connectivity index (χ0) is 60.6. The van der Waals surface area contributed by atoms with E-state index in [1.165, 1.54) is 315 Å². The molecule has 0 saturated heterocycles. The number of hydrogen-bond acceptors (Lipinski definition) is 5. The van der Waals surface area contributed by atoms with Crippen LogP contribution in [0, 0.1) is 0 Å². The zero-order valence-corrected chi connectivity index (χ0v) is 56.4. The average molecular weight is 1180 g/mol. The highest BCUT2D eigenvalue weighted by molar-refractivity contribution is 5.76. The molecule has 0 saturated carbocycles. The molecule has 0 aromatic heterocycles. The molecule has 6 heteroatoms. The van der Waals surface area contributed by atoms with Gasteiger partial charge in [-0.3, -0.25) is 9.59 Å². The highest BCUT2D eigenvalue weighted by Crippen LogP contribution is 2.18. The molecule has 0 aliphatic rings. The lowest BCUT2D eigenvalue weighted by Gasteiger charge is -2.20. The Balaban J connectivity index is 3.39. The fourth-order valence-electron chi connectivity index (χ4n) is 11.5. The number of aliphatic hydroxyl groups is 2. The van der Waals surface area contributed by atoms with Gasteiger partial charge in [-0.2, -0.15) is 0 Å². The minimum Gasteiger partial charge on any atom is -0.466 e. The Kier molecular flexibility index (Phi) is 70.9.